The molecule has 1 atom stereocenters. The van der Waals surface area contributed by atoms with E-state index in [9.17, 15) is 0 Å². The molecular formula is C16H26ClN. The van der Waals surface area contributed by atoms with Gasteiger partial charge in [0.05, 0.1) is 0 Å². The minimum Gasteiger partial charge on any atom is -0.310 e. The maximum atomic E-state index is 6.10. The monoisotopic (exact) mass is 267 g/mol. The Labute approximate surface area is 117 Å². The number of rotatable bonds is 7. The average Bonchev–Trinajstić information content (AvgIpc) is 2.38. The second-order valence-corrected chi connectivity index (χ2v) is 5.44. The predicted molar refractivity (Wildman–Crippen MR) is 81.3 cm³/mol. The molecule has 0 aliphatic carbocycles. The van der Waals surface area contributed by atoms with E-state index in [-0.39, 0.29) is 0 Å². The summed E-state index contributed by atoms with van der Waals surface area (Å²) in [5.74, 6) is 0.796. The molecule has 0 bridgehead atoms. The quantitative estimate of drug-likeness (QED) is 0.723. The minimum absolute atomic E-state index is 0.455. The van der Waals surface area contributed by atoms with Gasteiger partial charge in [0.15, 0.2) is 0 Å². The number of aryl methyl sites for hydroxylation is 1. The van der Waals surface area contributed by atoms with Crippen LogP contribution in [0.1, 0.15) is 57.2 Å². The van der Waals surface area contributed by atoms with Crippen LogP contribution in [0.2, 0.25) is 5.02 Å². The third kappa shape index (κ3) is 4.29. The molecule has 0 amide bonds. The van der Waals surface area contributed by atoms with Crippen LogP contribution in [0.4, 0.5) is 0 Å². The highest BCUT2D eigenvalue weighted by molar-refractivity contribution is 6.31. The van der Waals surface area contributed by atoms with Gasteiger partial charge in [0.25, 0.3) is 0 Å². The van der Waals surface area contributed by atoms with Crippen LogP contribution in [0.15, 0.2) is 18.2 Å². The molecule has 1 aromatic rings. The second-order valence-electron chi connectivity index (χ2n) is 5.04. The molecule has 1 N–H and O–H groups in total. The van der Waals surface area contributed by atoms with Crippen LogP contribution in [-0.4, -0.2) is 6.54 Å². The van der Waals surface area contributed by atoms with Gasteiger partial charge >= 0.3 is 0 Å². The van der Waals surface area contributed by atoms with E-state index in [1.165, 1.54) is 30.4 Å². The van der Waals surface area contributed by atoms with Crippen molar-refractivity contribution in [2.24, 2.45) is 5.92 Å². The number of benzene rings is 1. The zero-order chi connectivity index (χ0) is 13.5. The Morgan fingerprint density at radius 2 is 1.83 bits per heavy atom. The molecule has 2 heteroatoms. The van der Waals surface area contributed by atoms with E-state index in [0.717, 1.165) is 17.5 Å². The van der Waals surface area contributed by atoms with Crippen molar-refractivity contribution in [2.45, 2.75) is 53.0 Å². The Morgan fingerprint density at radius 3 is 2.33 bits per heavy atom. The molecule has 0 saturated carbocycles. The van der Waals surface area contributed by atoms with Crippen LogP contribution in [0.3, 0.4) is 0 Å². The first-order valence-electron chi connectivity index (χ1n) is 7.11. The van der Waals surface area contributed by atoms with Crippen LogP contribution in [0.25, 0.3) is 0 Å². The van der Waals surface area contributed by atoms with Crippen molar-refractivity contribution < 1.29 is 0 Å². The van der Waals surface area contributed by atoms with Gasteiger partial charge in [0.2, 0.25) is 0 Å². The topological polar surface area (TPSA) is 12.0 Å². The maximum Gasteiger partial charge on any atom is 0.0435 e. The number of halogens is 1. The van der Waals surface area contributed by atoms with Crippen molar-refractivity contribution in [3.8, 4) is 0 Å². The van der Waals surface area contributed by atoms with Gasteiger partial charge in [-0.2, -0.15) is 0 Å². The molecule has 0 aliphatic heterocycles. The highest BCUT2D eigenvalue weighted by Gasteiger charge is 2.15. The zero-order valence-electron chi connectivity index (χ0n) is 12.1. The summed E-state index contributed by atoms with van der Waals surface area (Å²) in [5, 5.41) is 4.46. The zero-order valence-corrected chi connectivity index (χ0v) is 12.8. The molecule has 0 aliphatic rings. The smallest absolute Gasteiger partial charge is 0.0435 e. The van der Waals surface area contributed by atoms with E-state index in [4.69, 9.17) is 11.6 Å². The summed E-state index contributed by atoms with van der Waals surface area (Å²) in [7, 11) is 0. The first kappa shape index (κ1) is 15.5. The SMILES string of the molecule is CCNC(CC(CC)CC)c1ccc(Cl)c(C)c1. The van der Waals surface area contributed by atoms with E-state index in [1.807, 2.05) is 6.07 Å². The maximum absolute atomic E-state index is 6.10. The first-order valence-corrected chi connectivity index (χ1v) is 7.49. The van der Waals surface area contributed by atoms with Gasteiger partial charge in [-0.15, -0.1) is 0 Å². The molecule has 0 spiro atoms. The van der Waals surface area contributed by atoms with Gasteiger partial charge in [-0.3, -0.25) is 0 Å². The first-order chi connectivity index (χ1) is 8.62. The Morgan fingerprint density at radius 1 is 1.17 bits per heavy atom. The molecule has 1 aromatic carbocycles. The van der Waals surface area contributed by atoms with E-state index < -0.39 is 0 Å². The number of hydrogen-bond acceptors (Lipinski definition) is 1. The van der Waals surface area contributed by atoms with E-state index in [1.54, 1.807) is 0 Å². The minimum atomic E-state index is 0.455. The van der Waals surface area contributed by atoms with Crippen LogP contribution < -0.4 is 5.32 Å². The second kappa shape index (κ2) is 7.81. The lowest BCUT2D eigenvalue weighted by molar-refractivity contribution is 0.375. The van der Waals surface area contributed by atoms with Gasteiger partial charge in [0, 0.05) is 11.1 Å². The third-order valence-corrected chi connectivity index (χ3v) is 4.18. The summed E-state index contributed by atoms with van der Waals surface area (Å²) in [4.78, 5) is 0. The molecule has 1 rings (SSSR count). The molecule has 0 radical (unpaired) electrons. The molecule has 18 heavy (non-hydrogen) atoms. The van der Waals surface area contributed by atoms with E-state index in [0.29, 0.717) is 6.04 Å². The van der Waals surface area contributed by atoms with Crippen molar-refractivity contribution in [2.75, 3.05) is 6.54 Å². The summed E-state index contributed by atoms with van der Waals surface area (Å²) < 4.78 is 0. The van der Waals surface area contributed by atoms with Crippen LogP contribution in [-0.2, 0) is 0 Å². The molecule has 0 saturated heterocycles. The predicted octanol–water partition coefficient (Wildman–Crippen LogP) is 5.13. The van der Waals surface area contributed by atoms with Crippen molar-refractivity contribution in [3.05, 3.63) is 34.3 Å². The normalized spacial score (nSPS) is 13.0. The van der Waals surface area contributed by atoms with E-state index >= 15 is 0 Å². The summed E-state index contributed by atoms with van der Waals surface area (Å²) in [6, 6.07) is 6.85. The van der Waals surface area contributed by atoms with Crippen LogP contribution in [0.5, 0.6) is 0 Å². The standard InChI is InChI=1S/C16H26ClN/c1-5-13(6-2)11-16(18-7-3)14-8-9-15(17)12(4)10-14/h8-10,13,16,18H,5-7,11H2,1-4H3. The molecule has 1 unspecified atom stereocenters. The molecular weight excluding hydrogens is 242 g/mol. The lowest BCUT2D eigenvalue weighted by Gasteiger charge is -2.23. The van der Waals surface area contributed by atoms with Gasteiger partial charge in [-0.1, -0.05) is 57.3 Å². The molecule has 102 valence electrons. The van der Waals surface area contributed by atoms with Crippen LogP contribution >= 0.6 is 11.6 Å². The molecule has 0 fully saturated rings. The Hall–Kier alpha value is -0.530. The largest absolute Gasteiger partial charge is 0.310 e. The Kier molecular flexibility index (Phi) is 6.73. The summed E-state index contributed by atoms with van der Waals surface area (Å²) in [5.41, 5.74) is 2.53. The average molecular weight is 268 g/mol. The van der Waals surface area contributed by atoms with Gasteiger partial charge in [-0.25, -0.2) is 0 Å². The summed E-state index contributed by atoms with van der Waals surface area (Å²) in [6.45, 7) is 9.82. The molecule has 1 nitrogen and oxygen atoms in total. The van der Waals surface area contributed by atoms with Gasteiger partial charge < -0.3 is 5.32 Å². The Bertz CT molecular complexity index is 358. The lowest BCUT2D eigenvalue weighted by Crippen LogP contribution is -2.23. The lowest BCUT2D eigenvalue weighted by atomic mass is 9.90. The van der Waals surface area contributed by atoms with Crippen molar-refractivity contribution in [1.82, 2.24) is 5.32 Å². The van der Waals surface area contributed by atoms with Crippen molar-refractivity contribution in [1.29, 1.82) is 0 Å². The molecule has 0 aromatic heterocycles. The number of nitrogens with one attached hydrogen (secondary N) is 1. The fraction of sp³-hybridized carbons (Fsp3) is 0.625. The van der Waals surface area contributed by atoms with Gasteiger partial charge in [0.1, 0.15) is 0 Å². The number of hydrogen-bond donors (Lipinski definition) is 1. The highest BCUT2D eigenvalue weighted by Crippen LogP contribution is 2.27. The third-order valence-electron chi connectivity index (χ3n) is 3.76. The van der Waals surface area contributed by atoms with E-state index in [2.05, 4.69) is 45.1 Å². The fourth-order valence-electron chi connectivity index (χ4n) is 2.42. The summed E-state index contributed by atoms with van der Waals surface area (Å²) in [6.07, 6.45) is 3.72. The van der Waals surface area contributed by atoms with Crippen LogP contribution in [0, 0.1) is 12.8 Å². The fourth-order valence-corrected chi connectivity index (χ4v) is 2.54. The Balaban J connectivity index is 2.85. The highest BCUT2D eigenvalue weighted by atomic mass is 35.5. The molecule has 0 heterocycles. The van der Waals surface area contributed by atoms with Crippen molar-refractivity contribution in [3.63, 3.8) is 0 Å². The van der Waals surface area contributed by atoms with Gasteiger partial charge in [-0.05, 0) is 43.0 Å². The van der Waals surface area contributed by atoms with Crippen molar-refractivity contribution >= 4 is 11.6 Å². The summed E-state index contributed by atoms with van der Waals surface area (Å²) >= 11 is 6.10.